The van der Waals surface area contributed by atoms with E-state index in [2.05, 4.69) is 79.7 Å². The Morgan fingerprint density at radius 1 is 1.09 bits per heavy atom. The number of Topliss-reactive ketones (excluding diaryl/α,β-unsaturated/α-hetero) is 1. The molecule has 2 heterocycles. The van der Waals surface area contributed by atoms with Crippen LogP contribution >= 0.6 is 0 Å². The summed E-state index contributed by atoms with van der Waals surface area (Å²) in [5.74, 6) is 3.59. The van der Waals surface area contributed by atoms with Crippen LogP contribution in [0.1, 0.15) is 93.5 Å². The van der Waals surface area contributed by atoms with E-state index in [-0.39, 0.29) is 11.7 Å². The first kappa shape index (κ1) is 24.4. The lowest BCUT2D eigenvalue weighted by Crippen LogP contribution is -2.16. The van der Waals surface area contributed by atoms with Gasteiger partial charge in [-0.3, -0.25) is 4.79 Å². The van der Waals surface area contributed by atoms with Gasteiger partial charge in [0.1, 0.15) is 11.6 Å². The number of benzene rings is 1. The van der Waals surface area contributed by atoms with Crippen molar-refractivity contribution in [3.8, 4) is 11.6 Å². The van der Waals surface area contributed by atoms with Gasteiger partial charge in [-0.05, 0) is 62.5 Å². The molecule has 0 saturated heterocycles. The van der Waals surface area contributed by atoms with Crippen LogP contribution in [0.2, 0.25) is 0 Å². The molecule has 4 rings (SSSR count). The van der Waals surface area contributed by atoms with Gasteiger partial charge in [-0.15, -0.1) is 10.2 Å². The predicted molar refractivity (Wildman–Crippen MR) is 134 cm³/mol. The van der Waals surface area contributed by atoms with E-state index >= 15 is 0 Å². The van der Waals surface area contributed by atoms with E-state index in [9.17, 15) is 4.79 Å². The molecule has 1 fully saturated rings. The standard InChI is InChI=1S/C28H38N4O2/c1-17(2)11-22(15-25(33)14-21-8-7-19(5)13-20(21)6)27-29-30-28(32(27)24-9-10-24)26-16-23(31-34-26)12-18(3)4/h7-8,13,16-18,22,24H,9-12,14-15H2,1-6H3/t22-/m0/s1. The van der Waals surface area contributed by atoms with Crippen LogP contribution in [0, 0.1) is 25.7 Å². The Hall–Kier alpha value is -2.76. The topological polar surface area (TPSA) is 73.8 Å². The quantitative estimate of drug-likeness (QED) is 0.329. The largest absolute Gasteiger partial charge is 0.353 e. The monoisotopic (exact) mass is 462 g/mol. The summed E-state index contributed by atoms with van der Waals surface area (Å²) in [6, 6.07) is 8.69. The Labute approximate surface area is 203 Å². The molecule has 2 aromatic heterocycles. The Bertz CT molecular complexity index is 1140. The van der Waals surface area contributed by atoms with Crippen LogP contribution in [0.3, 0.4) is 0 Å². The van der Waals surface area contributed by atoms with Crippen molar-refractivity contribution < 1.29 is 9.32 Å². The molecule has 0 bridgehead atoms. The van der Waals surface area contributed by atoms with Crippen molar-refractivity contribution >= 4 is 5.78 Å². The van der Waals surface area contributed by atoms with Gasteiger partial charge >= 0.3 is 0 Å². The number of hydrogen-bond acceptors (Lipinski definition) is 5. The first-order chi connectivity index (χ1) is 16.2. The molecule has 1 atom stereocenters. The fourth-order valence-electron chi connectivity index (χ4n) is 4.83. The van der Waals surface area contributed by atoms with E-state index in [0.717, 1.165) is 48.6 Å². The predicted octanol–water partition coefficient (Wildman–Crippen LogP) is 6.41. The van der Waals surface area contributed by atoms with Gasteiger partial charge in [-0.25, -0.2) is 0 Å². The maximum Gasteiger partial charge on any atom is 0.204 e. The van der Waals surface area contributed by atoms with Crippen LogP contribution < -0.4 is 0 Å². The van der Waals surface area contributed by atoms with Gasteiger partial charge in [0.05, 0.1) is 5.69 Å². The van der Waals surface area contributed by atoms with Crippen molar-refractivity contribution in [2.45, 2.75) is 92.0 Å². The fourth-order valence-corrected chi connectivity index (χ4v) is 4.83. The number of hydrogen-bond donors (Lipinski definition) is 0. The van der Waals surface area contributed by atoms with Crippen molar-refractivity contribution in [3.05, 3.63) is 52.5 Å². The number of aromatic nitrogens is 4. The van der Waals surface area contributed by atoms with Crippen molar-refractivity contribution in [1.29, 1.82) is 0 Å². The molecule has 182 valence electrons. The third kappa shape index (κ3) is 5.83. The summed E-state index contributed by atoms with van der Waals surface area (Å²) in [4.78, 5) is 13.2. The molecule has 6 heteroatoms. The normalized spacial score (nSPS) is 14.8. The van der Waals surface area contributed by atoms with Gasteiger partial charge in [0, 0.05) is 30.9 Å². The highest BCUT2D eigenvalue weighted by molar-refractivity contribution is 5.82. The number of rotatable bonds is 11. The van der Waals surface area contributed by atoms with Crippen LogP contribution in [-0.4, -0.2) is 25.7 Å². The third-order valence-corrected chi connectivity index (χ3v) is 6.51. The molecule has 0 spiro atoms. The van der Waals surface area contributed by atoms with Crippen LogP contribution in [0.5, 0.6) is 0 Å². The lowest BCUT2D eigenvalue weighted by molar-refractivity contribution is -0.118. The van der Waals surface area contributed by atoms with Crippen LogP contribution in [-0.2, 0) is 17.6 Å². The molecule has 0 aliphatic heterocycles. The summed E-state index contributed by atoms with van der Waals surface area (Å²) < 4.78 is 7.92. The zero-order chi connectivity index (χ0) is 24.4. The summed E-state index contributed by atoms with van der Waals surface area (Å²) in [6.45, 7) is 12.9. The SMILES string of the molecule is Cc1ccc(CC(=O)C[C@H](CC(C)C)c2nnc(-c3cc(CC(C)C)no3)n2C2CC2)c(C)c1. The molecule has 3 aromatic rings. The maximum absolute atomic E-state index is 13.2. The molecular weight excluding hydrogens is 424 g/mol. The average Bonchev–Trinajstić information content (AvgIpc) is 3.32. The van der Waals surface area contributed by atoms with Crippen molar-refractivity contribution in [2.75, 3.05) is 0 Å². The molecule has 0 radical (unpaired) electrons. The van der Waals surface area contributed by atoms with E-state index < -0.39 is 0 Å². The third-order valence-electron chi connectivity index (χ3n) is 6.51. The molecule has 0 N–H and O–H groups in total. The number of carbonyl (C=O) groups is 1. The first-order valence-electron chi connectivity index (χ1n) is 12.7. The van der Waals surface area contributed by atoms with Crippen molar-refractivity contribution in [3.63, 3.8) is 0 Å². The van der Waals surface area contributed by atoms with Crippen LogP contribution in [0.25, 0.3) is 11.6 Å². The Morgan fingerprint density at radius 3 is 2.50 bits per heavy atom. The van der Waals surface area contributed by atoms with E-state index in [1.807, 2.05) is 6.07 Å². The fraction of sp³-hybridized carbons (Fsp3) is 0.571. The summed E-state index contributed by atoms with van der Waals surface area (Å²) in [5.41, 5.74) is 4.46. The lowest BCUT2D eigenvalue weighted by Gasteiger charge is -2.19. The average molecular weight is 463 g/mol. The van der Waals surface area contributed by atoms with Gasteiger partial charge in [0.2, 0.25) is 11.6 Å². The number of nitrogens with zero attached hydrogens (tertiary/aromatic N) is 4. The van der Waals surface area contributed by atoms with Crippen LogP contribution in [0.4, 0.5) is 0 Å². The highest BCUT2D eigenvalue weighted by Crippen LogP contribution is 2.42. The summed E-state index contributed by atoms with van der Waals surface area (Å²) in [5, 5.41) is 13.4. The van der Waals surface area contributed by atoms with E-state index in [1.54, 1.807) is 0 Å². The van der Waals surface area contributed by atoms with Crippen LogP contribution in [0.15, 0.2) is 28.8 Å². The Balaban J connectivity index is 1.60. The number of ketones is 1. The van der Waals surface area contributed by atoms with Gasteiger partial charge < -0.3 is 9.09 Å². The van der Waals surface area contributed by atoms with Gasteiger partial charge in [0.15, 0.2) is 0 Å². The zero-order valence-electron chi connectivity index (χ0n) is 21.5. The van der Waals surface area contributed by atoms with E-state index in [0.29, 0.717) is 36.5 Å². The van der Waals surface area contributed by atoms with Crippen molar-refractivity contribution in [1.82, 2.24) is 19.9 Å². The minimum atomic E-state index is 0.0400. The molecular formula is C28H38N4O2. The summed E-state index contributed by atoms with van der Waals surface area (Å²) in [7, 11) is 0. The maximum atomic E-state index is 13.2. The van der Waals surface area contributed by atoms with E-state index in [1.165, 1.54) is 11.1 Å². The molecule has 6 nitrogen and oxygen atoms in total. The molecule has 0 amide bonds. The Kier molecular flexibility index (Phi) is 7.34. The van der Waals surface area contributed by atoms with Gasteiger partial charge in [0.25, 0.3) is 0 Å². The minimum Gasteiger partial charge on any atom is -0.353 e. The van der Waals surface area contributed by atoms with E-state index in [4.69, 9.17) is 4.52 Å². The molecule has 0 unspecified atom stereocenters. The van der Waals surface area contributed by atoms with Gasteiger partial charge in [-0.2, -0.15) is 0 Å². The lowest BCUT2D eigenvalue weighted by atomic mass is 9.89. The number of carbonyl (C=O) groups excluding carboxylic acids is 1. The molecule has 34 heavy (non-hydrogen) atoms. The highest BCUT2D eigenvalue weighted by atomic mass is 16.5. The Morgan fingerprint density at radius 2 is 1.85 bits per heavy atom. The highest BCUT2D eigenvalue weighted by Gasteiger charge is 2.34. The second kappa shape index (κ2) is 10.2. The molecule has 1 aromatic carbocycles. The van der Waals surface area contributed by atoms with Crippen molar-refractivity contribution in [2.24, 2.45) is 11.8 Å². The van der Waals surface area contributed by atoms with Gasteiger partial charge in [-0.1, -0.05) is 56.6 Å². The summed E-state index contributed by atoms with van der Waals surface area (Å²) >= 11 is 0. The molecule has 1 aliphatic rings. The first-order valence-corrected chi connectivity index (χ1v) is 12.7. The molecule has 1 aliphatic carbocycles. The second-order valence-electron chi connectivity index (χ2n) is 10.9. The zero-order valence-corrected chi connectivity index (χ0v) is 21.5. The minimum absolute atomic E-state index is 0.0400. The smallest absolute Gasteiger partial charge is 0.204 e. The second-order valence-corrected chi connectivity index (χ2v) is 10.9. The molecule has 1 saturated carbocycles. The number of aryl methyl sites for hydroxylation is 2. The summed E-state index contributed by atoms with van der Waals surface area (Å²) in [6.07, 6.45) is 4.93.